The van der Waals surface area contributed by atoms with Gasteiger partial charge >= 0.3 is 0 Å². The first-order valence-electron chi connectivity index (χ1n) is 8.16. The molecule has 0 saturated heterocycles. The molecule has 0 aliphatic rings. The first-order chi connectivity index (χ1) is 13.6. The standard InChI is InChI=1S/C19H18N2O7S/c1-12(22)21-29(26,27)16-8-6-14(7-9-16)20-19(25)18(24)11-17(23)13-4-3-5-15(10-13)28-2/h3-11,23H,1-2H3,(H,20,25)(H,21,22). The topological polar surface area (TPSA) is 139 Å². The zero-order valence-corrected chi connectivity index (χ0v) is 16.3. The maximum Gasteiger partial charge on any atom is 0.296 e. The smallest absolute Gasteiger partial charge is 0.296 e. The molecule has 0 saturated carbocycles. The summed E-state index contributed by atoms with van der Waals surface area (Å²) in [6.07, 6.45) is 0.764. The van der Waals surface area contributed by atoms with Crippen molar-refractivity contribution < 1.29 is 32.6 Å². The van der Waals surface area contributed by atoms with Crippen LogP contribution < -0.4 is 14.8 Å². The monoisotopic (exact) mass is 418 g/mol. The van der Waals surface area contributed by atoms with Crippen molar-refractivity contribution in [3.63, 3.8) is 0 Å². The maximum atomic E-state index is 12.0. The summed E-state index contributed by atoms with van der Waals surface area (Å²) in [5.74, 6) is -2.73. The van der Waals surface area contributed by atoms with Crippen LogP contribution in [-0.4, -0.2) is 38.2 Å². The number of hydrogen-bond acceptors (Lipinski definition) is 7. The number of hydrogen-bond donors (Lipinski definition) is 3. The number of amides is 2. The Balaban J connectivity index is 2.09. The van der Waals surface area contributed by atoms with E-state index in [0.717, 1.165) is 25.1 Å². The number of aliphatic hydroxyl groups excluding tert-OH is 1. The Labute approximate surface area is 167 Å². The lowest BCUT2D eigenvalue weighted by Gasteiger charge is -2.07. The second kappa shape index (κ2) is 9.02. The van der Waals surface area contributed by atoms with Crippen LogP contribution in [0.4, 0.5) is 5.69 Å². The number of anilines is 1. The minimum absolute atomic E-state index is 0.152. The normalized spacial score (nSPS) is 11.4. The summed E-state index contributed by atoms with van der Waals surface area (Å²) >= 11 is 0. The van der Waals surface area contributed by atoms with Gasteiger partial charge < -0.3 is 15.2 Å². The molecule has 2 amide bonds. The van der Waals surface area contributed by atoms with Gasteiger partial charge in [-0.2, -0.15) is 0 Å². The van der Waals surface area contributed by atoms with Gasteiger partial charge in [-0.05, 0) is 36.4 Å². The van der Waals surface area contributed by atoms with Gasteiger partial charge in [0.2, 0.25) is 11.7 Å². The molecular weight excluding hydrogens is 400 g/mol. The van der Waals surface area contributed by atoms with E-state index in [1.54, 1.807) is 16.9 Å². The van der Waals surface area contributed by atoms with E-state index < -0.39 is 33.4 Å². The molecule has 9 nitrogen and oxygen atoms in total. The summed E-state index contributed by atoms with van der Waals surface area (Å²) in [5.41, 5.74) is 0.442. The number of rotatable bonds is 7. The predicted molar refractivity (Wildman–Crippen MR) is 105 cm³/mol. The van der Waals surface area contributed by atoms with E-state index in [1.807, 2.05) is 0 Å². The minimum Gasteiger partial charge on any atom is -0.507 e. The summed E-state index contributed by atoms with van der Waals surface area (Å²) in [6.45, 7) is 1.06. The summed E-state index contributed by atoms with van der Waals surface area (Å²) in [7, 11) is -2.56. The highest BCUT2D eigenvalue weighted by atomic mass is 32.2. The van der Waals surface area contributed by atoms with Crippen LogP contribution in [0.25, 0.3) is 5.76 Å². The van der Waals surface area contributed by atoms with Crippen LogP contribution >= 0.6 is 0 Å². The Morgan fingerprint density at radius 2 is 1.72 bits per heavy atom. The molecule has 0 spiro atoms. The van der Waals surface area contributed by atoms with E-state index in [-0.39, 0.29) is 16.1 Å². The third-order valence-corrected chi connectivity index (χ3v) is 5.01. The van der Waals surface area contributed by atoms with Gasteiger partial charge in [0, 0.05) is 24.3 Å². The fourth-order valence-corrected chi connectivity index (χ4v) is 3.20. The van der Waals surface area contributed by atoms with Crippen molar-refractivity contribution in [1.82, 2.24) is 4.72 Å². The highest BCUT2D eigenvalue weighted by Crippen LogP contribution is 2.18. The number of methoxy groups -OCH3 is 1. The molecule has 0 radical (unpaired) electrons. The van der Waals surface area contributed by atoms with Crippen molar-refractivity contribution in [2.45, 2.75) is 11.8 Å². The Morgan fingerprint density at radius 3 is 2.31 bits per heavy atom. The van der Waals surface area contributed by atoms with Gasteiger partial charge in [-0.3, -0.25) is 14.4 Å². The third kappa shape index (κ3) is 5.91. The predicted octanol–water partition coefficient (Wildman–Crippen LogP) is 1.63. The Bertz CT molecular complexity index is 1070. The van der Waals surface area contributed by atoms with Crippen molar-refractivity contribution in [3.05, 3.63) is 60.2 Å². The van der Waals surface area contributed by atoms with Crippen molar-refractivity contribution >= 4 is 39.1 Å². The molecule has 3 N–H and O–H groups in total. The van der Waals surface area contributed by atoms with E-state index >= 15 is 0 Å². The SMILES string of the molecule is COc1cccc(C(O)=CC(=O)C(=O)Nc2ccc(S(=O)(=O)NC(C)=O)cc2)c1. The van der Waals surface area contributed by atoms with Crippen LogP contribution in [-0.2, 0) is 24.4 Å². The van der Waals surface area contributed by atoms with Crippen LogP contribution in [0.3, 0.4) is 0 Å². The first kappa shape index (κ1) is 21.6. The van der Waals surface area contributed by atoms with Crippen molar-refractivity contribution in [3.8, 4) is 5.75 Å². The van der Waals surface area contributed by atoms with E-state index in [2.05, 4.69) is 5.32 Å². The van der Waals surface area contributed by atoms with Crippen molar-refractivity contribution in [2.75, 3.05) is 12.4 Å². The van der Waals surface area contributed by atoms with Gasteiger partial charge in [0.25, 0.3) is 15.9 Å². The summed E-state index contributed by atoms with van der Waals surface area (Å²) < 4.78 is 30.6. The number of ether oxygens (including phenoxy) is 1. The van der Waals surface area contributed by atoms with Crippen LogP contribution in [0, 0.1) is 0 Å². The molecule has 10 heteroatoms. The molecule has 152 valence electrons. The fourth-order valence-electron chi connectivity index (χ4n) is 2.21. The molecule has 0 fully saturated rings. The molecule has 0 bridgehead atoms. The van der Waals surface area contributed by atoms with Crippen LogP contribution in [0.2, 0.25) is 0 Å². The van der Waals surface area contributed by atoms with Crippen LogP contribution in [0.15, 0.2) is 59.5 Å². The largest absolute Gasteiger partial charge is 0.507 e. The second-order valence-corrected chi connectivity index (χ2v) is 7.45. The lowest BCUT2D eigenvalue weighted by Crippen LogP contribution is -2.28. The summed E-state index contributed by atoms with van der Waals surface area (Å²) in [5, 5.41) is 12.3. The highest BCUT2D eigenvalue weighted by Gasteiger charge is 2.17. The molecule has 2 aromatic carbocycles. The van der Waals surface area contributed by atoms with E-state index in [1.165, 1.54) is 31.4 Å². The average molecular weight is 418 g/mol. The number of carbonyl (C=O) groups is 3. The van der Waals surface area contributed by atoms with Gasteiger partial charge in [-0.25, -0.2) is 13.1 Å². The van der Waals surface area contributed by atoms with Gasteiger partial charge in [0.15, 0.2) is 0 Å². The molecular formula is C19H18N2O7S. The van der Waals surface area contributed by atoms with Crippen molar-refractivity contribution in [1.29, 1.82) is 0 Å². The van der Waals surface area contributed by atoms with E-state index in [9.17, 15) is 27.9 Å². The van der Waals surface area contributed by atoms with Crippen LogP contribution in [0.5, 0.6) is 5.75 Å². The number of nitrogens with one attached hydrogen (secondary N) is 2. The number of carbonyl (C=O) groups excluding carboxylic acids is 3. The minimum atomic E-state index is -4.01. The molecule has 0 heterocycles. The van der Waals surface area contributed by atoms with Crippen molar-refractivity contribution in [2.24, 2.45) is 0 Å². The zero-order chi connectivity index (χ0) is 21.6. The third-order valence-electron chi connectivity index (χ3n) is 3.56. The van der Waals surface area contributed by atoms with Crippen LogP contribution in [0.1, 0.15) is 12.5 Å². The number of aliphatic hydroxyl groups is 1. The molecule has 2 aromatic rings. The summed E-state index contributed by atoms with van der Waals surface area (Å²) in [6, 6.07) is 11.1. The van der Waals surface area contributed by atoms with Gasteiger partial charge in [-0.1, -0.05) is 12.1 Å². The fraction of sp³-hybridized carbons (Fsp3) is 0.105. The number of benzene rings is 2. The Morgan fingerprint density at radius 1 is 1.07 bits per heavy atom. The first-order valence-corrected chi connectivity index (χ1v) is 9.64. The molecule has 0 aliphatic heterocycles. The molecule has 0 unspecified atom stereocenters. The lowest BCUT2D eigenvalue weighted by molar-refractivity contribution is -0.131. The number of ketones is 1. The molecule has 29 heavy (non-hydrogen) atoms. The summed E-state index contributed by atoms with van der Waals surface area (Å²) in [4.78, 5) is 34.8. The van der Waals surface area contributed by atoms with Gasteiger partial charge in [0.1, 0.15) is 11.5 Å². The Hall–Kier alpha value is -3.66. The quantitative estimate of drug-likeness (QED) is 0.353. The van der Waals surface area contributed by atoms with Gasteiger partial charge in [-0.15, -0.1) is 0 Å². The second-order valence-electron chi connectivity index (χ2n) is 5.77. The van der Waals surface area contributed by atoms with Gasteiger partial charge in [0.05, 0.1) is 12.0 Å². The molecule has 2 rings (SSSR count). The zero-order valence-electron chi connectivity index (χ0n) is 15.5. The molecule has 0 aromatic heterocycles. The molecule has 0 aliphatic carbocycles. The average Bonchev–Trinajstić information content (AvgIpc) is 2.67. The lowest BCUT2D eigenvalue weighted by atomic mass is 10.1. The highest BCUT2D eigenvalue weighted by molar-refractivity contribution is 7.90. The Kier molecular flexibility index (Phi) is 6.73. The van der Waals surface area contributed by atoms with E-state index in [0.29, 0.717) is 5.75 Å². The number of sulfonamides is 1. The van der Waals surface area contributed by atoms with E-state index in [4.69, 9.17) is 4.74 Å². The molecule has 0 atom stereocenters. The maximum absolute atomic E-state index is 12.0.